The maximum Gasteiger partial charge on any atom is 0.292 e. The van der Waals surface area contributed by atoms with Gasteiger partial charge in [0.1, 0.15) is 6.34 Å². The zero-order chi connectivity index (χ0) is 38.7. The van der Waals surface area contributed by atoms with Gasteiger partial charge in [-0.3, -0.25) is 25.1 Å². The van der Waals surface area contributed by atoms with Crippen LogP contribution in [-0.4, -0.2) is 58.0 Å². The zero-order valence-electron chi connectivity index (χ0n) is 31.6. The number of amides is 3. The number of nitrogens with one attached hydrogen (secondary N) is 4. The van der Waals surface area contributed by atoms with Crippen LogP contribution in [0.1, 0.15) is 108 Å². The standard InChI is InChI=1S/C43H46N8O4/c1-26-21-31(9-10-32(26)23-46-41(54)39-49-42(55-50-39)43(2,3)4)38(47-25-44)36-22-33(24-45-36)28-11-13-34(14-12-28)51-19-17-29(18-20-51)27-5-7-30(8-6-27)35-15-16-37(52)48-40(35)53/h5-14,21-22,24-25,29,35,44-45H,15-20,23H2,1-4H3,(H,46,54)(H,48,52,53). The second-order valence-electron chi connectivity index (χ2n) is 15.4. The van der Waals surface area contributed by atoms with E-state index in [4.69, 9.17) is 9.93 Å². The molecule has 1 unspecified atom stereocenters. The van der Waals surface area contributed by atoms with Gasteiger partial charge in [-0.2, -0.15) is 4.98 Å². The highest BCUT2D eigenvalue weighted by Gasteiger charge is 2.29. The van der Waals surface area contributed by atoms with Crippen molar-refractivity contribution in [3.63, 3.8) is 0 Å². The molecule has 12 nitrogen and oxygen atoms in total. The van der Waals surface area contributed by atoms with E-state index in [-0.39, 0.29) is 29.0 Å². The van der Waals surface area contributed by atoms with Gasteiger partial charge in [0.15, 0.2) is 0 Å². The molecule has 55 heavy (non-hydrogen) atoms. The molecular weight excluding hydrogens is 693 g/mol. The third kappa shape index (κ3) is 8.33. The average molecular weight is 739 g/mol. The number of aromatic amines is 1. The number of imide groups is 1. The Morgan fingerprint density at radius 3 is 2.36 bits per heavy atom. The van der Waals surface area contributed by atoms with Crippen molar-refractivity contribution in [1.29, 1.82) is 5.41 Å². The average Bonchev–Trinajstić information content (AvgIpc) is 3.89. The first kappa shape index (κ1) is 37.2. The maximum atomic E-state index is 12.7. The lowest BCUT2D eigenvalue weighted by atomic mass is 9.86. The summed E-state index contributed by atoms with van der Waals surface area (Å²) in [6.45, 7) is 10.0. The Morgan fingerprint density at radius 1 is 0.982 bits per heavy atom. The van der Waals surface area contributed by atoms with Gasteiger partial charge in [0.25, 0.3) is 11.7 Å². The van der Waals surface area contributed by atoms with E-state index in [0.29, 0.717) is 36.9 Å². The van der Waals surface area contributed by atoms with Crippen LogP contribution < -0.4 is 15.5 Å². The summed E-state index contributed by atoms with van der Waals surface area (Å²) in [5, 5.41) is 16.9. The first-order valence-electron chi connectivity index (χ1n) is 18.7. The molecule has 3 amide bonds. The monoisotopic (exact) mass is 738 g/mol. The minimum Gasteiger partial charge on any atom is -0.371 e. The van der Waals surface area contributed by atoms with E-state index in [1.54, 1.807) is 0 Å². The first-order chi connectivity index (χ1) is 26.5. The molecule has 282 valence electrons. The molecule has 0 bridgehead atoms. The van der Waals surface area contributed by atoms with Crippen LogP contribution in [0.5, 0.6) is 0 Å². The van der Waals surface area contributed by atoms with E-state index in [9.17, 15) is 14.4 Å². The zero-order valence-corrected chi connectivity index (χ0v) is 31.6. The number of anilines is 1. The third-order valence-electron chi connectivity index (χ3n) is 10.6. The Bertz CT molecular complexity index is 2240. The molecule has 4 heterocycles. The van der Waals surface area contributed by atoms with Crippen molar-refractivity contribution >= 4 is 35.5 Å². The molecule has 5 aromatic rings. The van der Waals surface area contributed by atoms with E-state index >= 15 is 0 Å². The van der Waals surface area contributed by atoms with Crippen molar-refractivity contribution in [1.82, 2.24) is 25.8 Å². The Balaban J connectivity index is 0.951. The molecule has 2 saturated heterocycles. The first-order valence-corrected chi connectivity index (χ1v) is 18.7. The van der Waals surface area contributed by atoms with Gasteiger partial charge >= 0.3 is 0 Å². The number of nitrogens with zero attached hydrogens (tertiary/aromatic N) is 4. The minimum absolute atomic E-state index is 0.00555. The number of H-pyrrole nitrogens is 1. The number of aliphatic imine (C=N–C) groups is 1. The van der Waals surface area contributed by atoms with Crippen molar-refractivity contribution in [3.05, 3.63) is 124 Å². The maximum absolute atomic E-state index is 12.7. The van der Waals surface area contributed by atoms with E-state index in [1.165, 1.54) is 11.3 Å². The van der Waals surface area contributed by atoms with Crippen LogP contribution in [0.2, 0.25) is 0 Å². The molecule has 0 spiro atoms. The summed E-state index contributed by atoms with van der Waals surface area (Å²) in [4.78, 5) is 51.0. The van der Waals surface area contributed by atoms with Crippen molar-refractivity contribution < 1.29 is 18.9 Å². The fourth-order valence-corrected chi connectivity index (χ4v) is 7.33. The number of piperidine rings is 2. The summed E-state index contributed by atoms with van der Waals surface area (Å²) in [5.74, 6) is -0.168. The number of rotatable bonds is 10. The quantitative estimate of drug-likeness (QED) is 0.0683. The summed E-state index contributed by atoms with van der Waals surface area (Å²) in [6, 6.07) is 25.0. The van der Waals surface area contributed by atoms with Crippen molar-refractivity contribution in [2.24, 2.45) is 4.99 Å². The smallest absolute Gasteiger partial charge is 0.292 e. The summed E-state index contributed by atoms with van der Waals surface area (Å²) in [5.41, 5.74) is 9.39. The Morgan fingerprint density at radius 2 is 1.71 bits per heavy atom. The summed E-state index contributed by atoms with van der Waals surface area (Å²) in [6.07, 6.45) is 6.05. The van der Waals surface area contributed by atoms with Crippen LogP contribution in [0.15, 0.2) is 88.5 Å². The van der Waals surface area contributed by atoms with Gasteiger partial charge in [-0.25, -0.2) is 4.99 Å². The summed E-state index contributed by atoms with van der Waals surface area (Å²) >= 11 is 0. The van der Waals surface area contributed by atoms with Gasteiger partial charge in [-0.05, 0) is 89.8 Å². The predicted octanol–water partition coefficient (Wildman–Crippen LogP) is 6.95. The number of carbonyl (C=O) groups is 3. The number of benzene rings is 3. The Labute approximate surface area is 320 Å². The van der Waals surface area contributed by atoms with Crippen LogP contribution >= 0.6 is 0 Å². The molecule has 1 atom stereocenters. The number of hydrogen-bond acceptors (Lipinski definition) is 8. The second kappa shape index (κ2) is 15.7. The van der Waals surface area contributed by atoms with Crippen molar-refractivity contribution in [2.75, 3.05) is 18.0 Å². The van der Waals surface area contributed by atoms with Crippen LogP contribution in [0, 0.1) is 12.3 Å². The van der Waals surface area contributed by atoms with Gasteiger partial charge < -0.3 is 19.7 Å². The molecule has 0 radical (unpaired) electrons. The van der Waals surface area contributed by atoms with Gasteiger partial charge in [0, 0.05) is 48.9 Å². The highest BCUT2D eigenvalue weighted by molar-refractivity contribution is 6.14. The Hall–Kier alpha value is -6.17. The van der Waals surface area contributed by atoms with Gasteiger partial charge in [0.2, 0.25) is 17.7 Å². The molecule has 3 aromatic carbocycles. The summed E-state index contributed by atoms with van der Waals surface area (Å²) < 4.78 is 5.26. The molecule has 12 heteroatoms. The molecule has 7 rings (SSSR count). The van der Waals surface area contributed by atoms with Crippen LogP contribution in [0.4, 0.5) is 5.69 Å². The van der Waals surface area contributed by atoms with Crippen molar-refractivity contribution in [3.8, 4) is 11.1 Å². The lowest BCUT2D eigenvalue weighted by molar-refractivity contribution is -0.134. The van der Waals surface area contributed by atoms with Crippen LogP contribution in [-0.2, 0) is 21.5 Å². The lowest BCUT2D eigenvalue weighted by Gasteiger charge is -2.34. The van der Waals surface area contributed by atoms with Gasteiger partial charge in [-0.15, -0.1) is 0 Å². The van der Waals surface area contributed by atoms with Crippen LogP contribution in [0.25, 0.3) is 11.1 Å². The molecule has 2 aliphatic heterocycles. The molecule has 0 saturated carbocycles. The second-order valence-corrected chi connectivity index (χ2v) is 15.4. The Kier molecular flexibility index (Phi) is 10.6. The minimum atomic E-state index is -0.405. The van der Waals surface area contributed by atoms with E-state index in [2.05, 4.69) is 90.2 Å². The number of carbonyl (C=O) groups excluding carboxylic acids is 3. The van der Waals surface area contributed by atoms with Gasteiger partial charge in [-0.1, -0.05) is 74.5 Å². The third-order valence-corrected chi connectivity index (χ3v) is 10.6. The predicted molar refractivity (Wildman–Crippen MR) is 212 cm³/mol. The number of aromatic nitrogens is 3. The topological polar surface area (TPSA) is 169 Å². The van der Waals surface area contributed by atoms with E-state index in [1.807, 2.05) is 52.1 Å². The fraction of sp³-hybridized carbons (Fsp3) is 0.326. The lowest BCUT2D eigenvalue weighted by Crippen LogP contribution is -2.39. The number of aryl methyl sites for hydroxylation is 1. The largest absolute Gasteiger partial charge is 0.371 e. The SMILES string of the molecule is Cc1cc(C(=NC=N)c2cc(-c3ccc(N4CCC(c5ccc(C6CCC(=O)NC6=O)cc5)CC4)cc3)c[nH]2)ccc1CNC(=O)c1noc(C(C)(C)C)n1. The molecular formula is C43H46N8O4. The summed E-state index contributed by atoms with van der Waals surface area (Å²) in [7, 11) is 0. The van der Waals surface area contributed by atoms with E-state index in [0.717, 1.165) is 71.3 Å². The molecule has 4 N–H and O–H groups in total. The van der Waals surface area contributed by atoms with Crippen molar-refractivity contribution in [2.45, 2.75) is 77.2 Å². The molecule has 2 fully saturated rings. The highest BCUT2D eigenvalue weighted by Crippen LogP contribution is 2.33. The van der Waals surface area contributed by atoms with E-state index < -0.39 is 5.91 Å². The van der Waals surface area contributed by atoms with Gasteiger partial charge in [0.05, 0.1) is 17.3 Å². The highest BCUT2D eigenvalue weighted by atomic mass is 16.5. The fourth-order valence-electron chi connectivity index (χ4n) is 7.33. The van der Waals surface area contributed by atoms with Crippen LogP contribution in [0.3, 0.4) is 0 Å². The molecule has 2 aliphatic rings. The number of hydrogen-bond donors (Lipinski definition) is 4. The molecule has 2 aromatic heterocycles. The normalized spacial score (nSPS) is 16.9. The molecule has 0 aliphatic carbocycles.